The van der Waals surface area contributed by atoms with E-state index in [1.54, 1.807) is 30.3 Å². The van der Waals surface area contributed by atoms with Crippen molar-refractivity contribution >= 4 is 5.91 Å². The summed E-state index contributed by atoms with van der Waals surface area (Å²) >= 11 is 0. The zero-order valence-electron chi connectivity index (χ0n) is 15.9. The van der Waals surface area contributed by atoms with Crippen molar-refractivity contribution in [2.24, 2.45) is 0 Å². The van der Waals surface area contributed by atoms with Crippen LogP contribution in [0.15, 0.2) is 91.5 Å². The molecular formula is C23H20N4O2. The van der Waals surface area contributed by atoms with Crippen LogP contribution in [0.2, 0.25) is 0 Å². The highest BCUT2D eigenvalue weighted by Crippen LogP contribution is 2.24. The van der Waals surface area contributed by atoms with Crippen LogP contribution in [0.1, 0.15) is 27.5 Å². The van der Waals surface area contributed by atoms with Crippen LogP contribution in [0.3, 0.4) is 0 Å². The molecule has 29 heavy (non-hydrogen) atoms. The highest BCUT2D eigenvalue weighted by molar-refractivity contribution is 5.94. The van der Waals surface area contributed by atoms with Gasteiger partial charge >= 0.3 is 0 Å². The van der Waals surface area contributed by atoms with Gasteiger partial charge < -0.3 is 10.1 Å². The third-order valence-corrected chi connectivity index (χ3v) is 4.67. The molecule has 0 spiro atoms. The van der Waals surface area contributed by atoms with Gasteiger partial charge in [-0.2, -0.15) is 5.10 Å². The number of aromatic nitrogens is 3. The molecule has 144 valence electrons. The molecule has 1 atom stereocenters. The van der Waals surface area contributed by atoms with Gasteiger partial charge in [0.1, 0.15) is 18.4 Å². The molecule has 1 unspecified atom stereocenters. The van der Waals surface area contributed by atoms with Crippen LogP contribution in [0.5, 0.6) is 5.75 Å². The van der Waals surface area contributed by atoms with Crippen LogP contribution >= 0.6 is 0 Å². The molecule has 4 rings (SSSR count). The van der Waals surface area contributed by atoms with Gasteiger partial charge in [0, 0.05) is 5.56 Å². The molecule has 0 bridgehead atoms. The lowest BCUT2D eigenvalue weighted by molar-refractivity contribution is 0.0943. The van der Waals surface area contributed by atoms with Crippen LogP contribution in [0.25, 0.3) is 5.69 Å². The summed E-state index contributed by atoms with van der Waals surface area (Å²) in [5.41, 5.74) is 3.40. The largest absolute Gasteiger partial charge is 0.497 e. The Balaban J connectivity index is 1.59. The van der Waals surface area contributed by atoms with Crippen molar-refractivity contribution in [3.63, 3.8) is 0 Å². The van der Waals surface area contributed by atoms with E-state index in [2.05, 4.69) is 15.4 Å². The predicted octanol–water partition coefficient (Wildman–Crippen LogP) is 3.80. The van der Waals surface area contributed by atoms with Crippen molar-refractivity contribution in [2.45, 2.75) is 6.04 Å². The number of carbonyl (C=O) groups excluding carboxylic acids is 1. The lowest BCUT2D eigenvalue weighted by Crippen LogP contribution is -2.29. The number of benzene rings is 3. The molecule has 3 aromatic carbocycles. The standard InChI is InChI=1S/C23H20N4O2/c1-29-21-13-9-18(10-14-21)22(17-5-3-2-4-6-17)26-23(28)19-7-11-20(12-8-19)27-16-24-15-25-27/h2-16,22H,1H3,(H,26,28). The highest BCUT2D eigenvalue weighted by Gasteiger charge is 2.18. The molecule has 1 amide bonds. The molecule has 6 nitrogen and oxygen atoms in total. The van der Waals surface area contributed by atoms with Crippen molar-refractivity contribution in [1.82, 2.24) is 20.1 Å². The Morgan fingerprint density at radius 3 is 2.24 bits per heavy atom. The third-order valence-electron chi connectivity index (χ3n) is 4.67. The summed E-state index contributed by atoms with van der Waals surface area (Å²) in [5, 5.41) is 7.24. The summed E-state index contributed by atoms with van der Waals surface area (Å²) in [4.78, 5) is 16.9. The van der Waals surface area contributed by atoms with Gasteiger partial charge in [0.05, 0.1) is 18.8 Å². The minimum absolute atomic E-state index is 0.153. The summed E-state index contributed by atoms with van der Waals surface area (Å²) in [5.74, 6) is 0.621. The molecule has 0 saturated heterocycles. The maximum atomic E-state index is 13.0. The second-order valence-corrected chi connectivity index (χ2v) is 6.48. The number of amides is 1. The Labute approximate surface area is 168 Å². The maximum absolute atomic E-state index is 13.0. The van der Waals surface area contributed by atoms with Gasteiger partial charge in [0.15, 0.2) is 0 Å². The Kier molecular flexibility index (Phi) is 5.33. The first-order valence-electron chi connectivity index (χ1n) is 9.19. The van der Waals surface area contributed by atoms with E-state index in [0.717, 1.165) is 22.6 Å². The van der Waals surface area contributed by atoms with Gasteiger partial charge in [-0.15, -0.1) is 0 Å². The van der Waals surface area contributed by atoms with E-state index in [9.17, 15) is 4.79 Å². The Bertz CT molecular complexity index is 1060. The first kappa shape index (κ1) is 18.4. The van der Waals surface area contributed by atoms with E-state index < -0.39 is 0 Å². The molecule has 1 heterocycles. The van der Waals surface area contributed by atoms with Gasteiger partial charge in [0.25, 0.3) is 5.91 Å². The fourth-order valence-electron chi connectivity index (χ4n) is 3.12. The SMILES string of the molecule is COc1ccc(C(NC(=O)c2ccc(-n3cncn3)cc2)c2ccccc2)cc1. The number of nitrogens with one attached hydrogen (secondary N) is 1. The topological polar surface area (TPSA) is 69.0 Å². The molecule has 0 saturated carbocycles. The van der Waals surface area contributed by atoms with Crippen molar-refractivity contribution in [1.29, 1.82) is 0 Å². The van der Waals surface area contributed by atoms with Crippen LogP contribution in [-0.4, -0.2) is 27.8 Å². The van der Waals surface area contributed by atoms with Gasteiger partial charge in [-0.3, -0.25) is 4.79 Å². The maximum Gasteiger partial charge on any atom is 0.252 e. The second-order valence-electron chi connectivity index (χ2n) is 6.48. The van der Waals surface area contributed by atoms with Crippen LogP contribution < -0.4 is 10.1 Å². The lowest BCUT2D eigenvalue weighted by Gasteiger charge is -2.20. The molecule has 6 heteroatoms. The third kappa shape index (κ3) is 4.16. The zero-order chi connectivity index (χ0) is 20.1. The van der Waals surface area contributed by atoms with E-state index in [-0.39, 0.29) is 11.9 Å². The molecule has 0 fully saturated rings. The Hall–Kier alpha value is -3.93. The quantitative estimate of drug-likeness (QED) is 0.549. The monoisotopic (exact) mass is 384 g/mol. The molecule has 4 aromatic rings. The number of hydrogen-bond donors (Lipinski definition) is 1. The predicted molar refractivity (Wildman–Crippen MR) is 110 cm³/mol. The van der Waals surface area contributed by atoms with Crippen LogP contribution in [-0.2, 0) is 0 Å². The van der Waals surface area contributed by atoms with Crippen molar-refractivity contribution in [3.05, 3.63) is 108 Å². The lowest BCUT2D eigenvalue weighted by atomic mass is 9.98. The number of hydrogen-bond acceptors (Lipinski definition) is 4. The van der Waals surface area contributed by atoms with E-state index in [1.807, 2.05) is 66.7 Å². The zero-order valence-corrected chi connectivity index (χ0v) is 15.9. The molecule has 0 aliphatic carbocycles. The average molecular weight is 384 g/mol. The first-order chi connectivity index (χ1) is 14.2. The van der Waals surface area contributed by atoms with Gasteiger partial charge in [-0.05, 0) is 47.5 Å². The second kappa shape index (κ2) is 8.39. The van der Waals surface area contributed by atoms with Gasteiger partial charge in [-0.1, -0.05) is 42.5 Å². The molecule has 1 N–H and O–H groups in total. The van der Waals surface area contributed by atoms with Crippen LogP contribution in [0.4, 0.5) is 0 Å². The summed E-state index contributed by atoms with van der Waals surface area (Å²) in [6.45, 7) is 0. The molecular weight excluding hydrogens is 364 g/mol. The Morgan fingerprint density at radius 1 is 0.931 bits per heavy atom. The average Bonchev–Trinajstić information content (AvgIpc) is 3.33. The molecule has 0 aliphatic rings. The highest BCUT2D eigenvalue weighted by atomic mass is 16.5. The first-order valence-corrected chi connectivity index (χ1v) is 9.19. The number of rotatable bonds is 6. The number of carbonyl (C=O) groups is 1. The molecule has 1 aromatic heterocycles. The van der Waals surface area contributed by atoms with Gasteiger partial charge in [0.2, 0.25) is 0 Å². The summed E-state index contributed by atoms with van der Waals surface area (Å²) in [6.07, 6.45) is 3.09. The minimum atomic E-state index is -0.274. The van der Waals surface area contributed by atoms with Crippen molar-refractivity contribution < 1.29 is 9.53 Å². The number of ether oxygens (including phenoxy) is 1. The summed E-state index contributed by atoms with van der Waals surface area (Å²) in [7, 11) is 1.63. The normalized spacial score (nSPS) is 11.6. The van der Waals surface area contributed by atoms with Crippen molar-refractivity contribution in [2.75, 3.05) is 7.11 Å². The van der Waals surface area contributed by atoms with E-state index in [1.165, 1.54) is 6.33 Å². The number of nitrogens with zero attached hydrogens (tertiary/aromatic N) is 3. The molecule has 0 radical (unpaired) electrons. The summed E-state index contributed by atoms with van der Waals surface area (Å²) in [6, 6.07) is 24.6. The molecule has 0 aliphatic heterocycles. The van der Waals surface area contributed by atoms with Crippen molar-refractivity contribution in [3.8, 4) is 11.4 Å². The fraction of sp³-hybridized carbons (Fsp3) is 0.0870. The van der Waals surface area contributed by atoms with E-state index >= 15 is 0 Å². The van der Waals surface area contributed by atoms with Crippen LogP contribution in [0, 0.1) is 0 Å². The smallest absolute Gasteiger partial charge is 0.252 e. The van der Waals surface area contributed by atoms with Gasteiger partial charge in [-0.25, -0.2) is 9.67 Å². The van der Waals surface area contributed by atoms with E-state index in [4.69, 9.17) is 4.74 Å². The minimum Gasteiger partial charge on any atom is -0.497 e. The van der Waals surface area contributed by atoms with E-state index in [0.29, 0.717) is 5.56 Å². The number of methoxy groups -OCH3 is 1. The Morgan fingerprint density at radius 2 is 1.62 bits per heavy atom. The fourth-order valence-corrected chi connectivity index (χ4v) is 3.12. The summed E-state index contributed by atoms with van der Waals surface area (Å²) < 4.78 is 6.89.